The third kappa shape index (κ3) is 4.57. The number of aromatic nitrogens is 1. The maximum Gasteiger partial charge on any atom is 0.339 e. The molecule has 0 spiro atoms. The SMILES string of the molecule is COc1cc(-c2cc(F)c(C3c4[nH]c5ccccc5c4CCN3CC(C)(C)F)c(F)c2)ccc1C(=O)O. The zero-order valence-electron chi connectivity index (χ0n) is 20.7. The number of nitrogens with one attached hydrogen (secondary N) is 1. The number of para-hydroxylation sites is 1. The minimum atomic E-state index is -1.57. The number of carboxylic acid groups (broad SMARTS) is 1. The lowest BCUT2D eigenvalue weighted by Crippen LogP contribution is -2.43. The normalized spacial score (nSPS) is 16.1. The number of hydrogen-bond donors (Lipinski definition) is 2. The van der Waals surface area contributed by atoms with Gasteiger partial charge in [0.25, 0.3) is 0 Å². The van der Waals surface area contributed by atoms with Crippen molar-refractivity contribution >= 4 is 16.9 Å². The summed E-state index contributed by atoms with van der Waals surface area (Å²) in [6.07, 6.45) is 0.628. The minimum Gasteiger partial charge on any atom is -0.496 e. The molecule has 5 rings (SSSR count). The summed E-state index contributed by atoms with van der Waals surface area (Å²) in [6, 6.07) is 13.6. The number of halogens is 3. The average Bonchev–Trinajstić information content (AvgIpc) is 3.22. The lowest BCUT2D eigenvalue weighted by atomic mass is 9.89. The fourth-order valence-corrected chi connectivity index (χ4v) is 5.33. The van der Waals surface area contributed by atoms with Gasteiger partial charge in [-0.1, -0.05) is 24.3 Å². The third-order valence-corrected chi connectivity index (χ3v) is 6.83. The van der Waals surface area contributed by atoms with Gasteiger partial charge in [0.1, 0.15) is 28.6 Å². The third-order valence-electron chi connectivity index (χ3n) is 6.83. The Morgan fingerprint density at radius 1 is 1.11 bits per heavy atom. The number of benzene rings is 3. The summed E-state index contributed by atoms with van der Waals surface area (Å²) in [6.45, 7) is 3.35. The van der Waals surface area contributed by atoms with Crippen LogP contribution in [-0.4, -0.2) is 46.8 Å². The highest BCUT2D eigenvalue weighted by Gasteiger charge is 2.37. The summed E-state index contributed by atoms with van der Waals surface area (Å²) in [5.74, 6) is -2.62. The first-order chi connectivity index (χ1) is 17.6. The van der Waals surface area contributed by atoms with E-state index in [1.54, 1.807) is 4.90 Å². The number of aromatic amines is 1. The lowest BCUT2D eigenvalue weighted by Gasteiger charge is -2.38. The molecule has 0 amide bonds. The molecule has 2 heterocycles. The molecule has 0 fully saturated rings. The van der Waals surface area contributed by atoms with Gasteiger partial charge in [-0.15, -0.1) is 0 Å². The standard InChI is InChI=1S/C29H27F3N2O3/c1-29(2,32)15-34-11-10-19-18-6-4-5-7-23(18)33-26(19)27(34)25-21(30)12-17(13-22(25)31)16-8-9-20(28(35)36)24(14-16)37-3/h4-9,12-14,27,33H,10-11,15H2,1-3H3,(H,35,36). The molecule has 8 heteroatoms. The Bertz CT molecular complexity index is 1480. The Balaban J connectivity index is 1.64. The van der Waals surface area contributed by atoms with Gasteiger partial charge in [0, 0.05) is 35.2 Å². The van der Waals surface area contributed by atoms with E-state index in [1.165, 1.54) is 51.3 Å². The summed E-state index contributed by atoms with van der Waals surface area (Å²) in [5, 5.41) is 10.3. The van der Waals surface area contributed by atoms with E-state index in [1.807, 2.05) is 24.3 Å². The number of nitrogens with zero attached hydrogens (tertiary/aromatic N) is 1. The first kappa shape index (κ1) is 24.9. The van der Waals surface area contributed by atoms with Gasteiger partial charge in [-0.2, -0.15) is 0 Å². The van der Waals surface area contributed by atoms with Crippen molar-refractivity contribution in [3.05, 3.63) is 88.6 Å². The molecule has 0 radical (unpaired) electrons. The van der Waals surface area contributed by atoms with Crippen molar-refractivity contribution in [3.63, 3.8) is 0 Å². The molecule has 3 aromatic carbocycles. The number of H-pyrrole nitrogens is 1. The van der Waals surface area contributed by atoms with Crippen LogP contribution in [0.25, 0.3) is 22.0 Å². The predicted octanol–water partition coefficient (Wildman–Crippen LogP) is 6.52. The van der Waals surface area contributed by atoms with Crippen molar-refractivity contribution < 1.29 is 27.8 Å². The van der Waals surface area contributed by atoms with E-state index in [4.69, 9.17) is 4.74 Å². The number of carbonyl (C=O) groups is 1. The van der Waals surface area contributed by atoms with Crippen LogP contribution in [0.1, 0.15) is 47.1 Å². The number of aromatic carboxylic acids is 1. The largest absolute Gasteiger partial charge is 0.496 e. The summed E-state index contributed by atoms with van der Waals surface area (Å²) in [5.41, 5.74) is 1.36. The number of carboxylic acids is 1. The molecule has 0 aliphatic carbocycles. The van der Waals surface area contributed by atoms with E-state index in [2.05, 4.69) is 4.98 Å². The molecule has 1 unspecified atom stereocenters. The molecule has 2 N–H and O–H groups in total. The highest BCUT2D eigenvalue weighted by Crippen LogP contribution is 2.42. The summed E-state index contributed by atoms with van der Waals surface area (Å²) in [4.78, 5) is 16.5. The fraction of sp³-hybridized carbons (Fsp3) is 0.276. The number of fused-ring (bicyclic) bond motifs is 3. The number of alkyl halides is 1. The molecule has 1 aliphatic rings. The molecule has 4 aromatic rings. The van der Waals surface area contributed by atoms with Crippen LogP contribution in [0.3, 0.4) is 0 Å². The van der Waals surface area contributed by atoms with Gasteiger partial charge in [-0.3, -0.25) is 4.90 Å². The Morgan fingerprint density at radius 3 is 2.46 bits per heavy atom. The molecule has 0 bridgehead atoms. The molecule has 1 atom stereocenters. The Kier molecular flexibility index (Phi) is 6.23. The van der Waals surface area contributed by atoms with Gasteiger partial charge >= 0.3 is 5.97 Å². The number of hydrogen-bond acceptors (Lipinski definition) is 3. The number of ether oxygens (including phenoxy) is 1. The fourth-order valence-electron chi connectivity index (χ4n) is 5.33. The zero-order chi connectivity index (χ0) is 26.5. The minimum absolute atomic E-state index is 0.000945. The molecule has 37 heavy (non-hydrogen) atoms. The Hall–Kier alpha value is -3.78. The molecule has 1 aromatic heterocycles. The number of rotatable bonds is 6. The quantitative estimate of drug-likeness (QED) is 0.311. The van der Waals surface area contributed by atoms with Gasteiger partial charge in [-0.05, 0) is 67.3 Å². The van der Waals surface area contributed by atoms with Crippen LogP contribution < -0.4 is 4.74 Å². The maximum atomic E-state index is 15.8. The van der Waals surface area contributed by atoms with E-state index in [-0.39, 0.29) is 29.0 Å². The molecule has 0 saturated heterocycles. The van der Waals surface area contributed by atoms with Gasteiger partial charge in [0.05, 0.1) is 13.2 Å². The van der Waals surface area contributed by atoms with Crippen LogP contribution in [0.4, 0.5) is 13.2 Å². The second kappa shape index (κ2) is 9.27. The van der Waals surface area contributed by atoms with E-state index < -0.39 is 29.3 Å². The topological polar surface area (TPSA) is 65.6 Å². The maximum absolute atomic E-state index is 15.8. The first-order valence-electron chi connectivity index (χ1n) is 12.0. The smallest absolute Gasteiger partial charge is 0.339 e. The molecular weight excluding hydrogens is 481 g/mol. The number of methoxy groups -OCH3 is 1. The van der Waals surface area contributed by atoms with Gasteiger partial charge in [0.15, 0.2) is 0 Å². The van der Waals surface area contributed by atoms with Crippen molar-refractivity contribution in [1.82, 2.24) is 9.88 Å². The van der Waals surface area contributed by atoms with Crippen molar-refractivity contribution in [3.8, 4) is 16.9 Å². The zero-order valence-corrected chi connectivity index (χ0v) is 20.7. The van der Waals surface area contributed by atoms with Gasteiger partial charge < -0.3 is 14.8 Å². The molecule has 5 nitrogen and oxygen atoms in total. The second-order valence-corrected chi connectivity index (χ2v) is 9.98. The van der Waals surface area contributed by atoms with Crippen LogP contribution in [-0.2, 0) is 6.42 Å². The van der Waals surface area contributed by atoms with Gasteiger partial charge in [0.2, 0.25) is 0 Å². The average molecular weight is 509 g/mol. The van der Waals surface area contributed by atoms with E-state index in [9.17, 15) is 14.3 Å². The Labute approximate surface area is 212 Å². The molecule has 1 aliphatic heterocycles. The van der Waals surface area contributed by atoms with Crippen molar-refractivity contribution in [2.75, 3.05) is 20.2 Å². The van der Waals surface area contributed by atoms with E-state index in [0.29, 0.717) is 24.2 Å². The second-order valence-electron chi connectivity index (χ2n) is 9.98. The van der Waals surface area contributed by atoms with E-state index >= 15 is 8.78 Å². The molecule has 0 saturated carbocycles. The predicted molar refractivity (Wildman–Crippen MR) is 136 cm³/mol. The van der Waals surface area contributed by atoms with Crippen LogP contribution in [0.5, 0.6) is 5.75 Å². The first-order valence-corrected chi connectivity index (χ1v) is 12.0. The summed E-state index contributed by atoms with van der Waals surface area (Å²) >= 11 is 0. The summed E-state index contributed by atoms with van der Waals surface area (Å²) < 4.78 is 51.6. The Morgan fingerprint density at radius 2 is 1.81 bits per heavy atom. The monoisotopic (exact) mass is 508 g/mol. The van der Waals surface area contributed by atoms with Crippen molar-refractivity contribution in [2.24, 2.45) is 0 Å². The van der Waals surface area contributed by atoms with Crippen LogP contribution in [0.2, 0.25) is 0 Å². The van der Waals surface area contributed by atoms with Crippen molar-refractivity contribution in [1.29, 1.82) is 0 Å². The molecule has 192 valence electrons. The van der Waals surface area contributed by atoms with Gasteiger partial charge in [-0.25, -0.2) is 18.0 Å². The summed E-state index contributed by atoms with van der Waals surface area (Å²) in [7, 11) is 1.33. The van der Waals surface area contributed by atoms with Crippen LogP contribution >= 0.6 is 0 Å². The lowest BCUT2D eigenvalue weighted by molar-refractivity contribution is 0.0693. The van der Waals surface area contributed by atoms with Crippen LogP contribution in [0, 0.1) is 11.6 Å². The molecular formula is C29H27F3N2O3. The van der Waals surface area contributed by atoms with E-state index in [0.717, 1.165) is 16.5 Å². The van der Waals surface area contributed by atoms with Crippen molar-refractivity contribution in [2.45, 2.75) is 32.0 Å². The highest BCUT2D eigenvalue weighted by molar-refractivity contribution is 5.92. The van der Waals surface area contributed by atoms with Crippen LogP contribution in [0.15, 0.2) is 54.6 Å². The highest BCUT2D eigenvalue weighted by atomic mass is 19.1.